The quantitative estimate of drug-likeness (QED) is 0.782. The Bertz CT molecular complexity index is 694. The van der Waals surface area contributed by atoms with Crippen molar-refractivity contribution in [2.24, 2.45) is 0 Å². The Kier molecular flexibility index (Phi) is 3.88. The van der Waals surface area contributed by atoms with Gasteiger partial charge >= 0.3 is 0 Å². The van der Waals surface area contributed by atoms with E-state index in [0.717, 1.165) is 30.3 Å². The Balaban J connectivity index is 1.82. The van der Waals surface area contributed by atoms with E-state index in [-0.39, 0.29) is 5.56 Å². The first-order chi connectivity index (χ1) is 9.74. The Morgan fingerprint density at radius 2 is 2.20 bits per heavy atom. The van der Waals surface area contributed by atoms with Crippen LogP contribution in [-0.2, 0) is 0 Å². The van der Waals surface area contributed by atoms with Crippen molar-refractivity contribution in [3.05, 3.63) is 34.9 Å². The molecule has 1 aromatic carbocycles. The fraction of sp³-hybridized carbons (Fsp3) is 0.308. The number of rotatable bonds is 1. The number of thiocarbonyl (C=S) groups is 1. The summed E-state index contributed by atoms with van der Waals surface area (Å²) in [5.41, 5.74) is 1.36. The molecule has 0 amide bonds. The summed E-state index contributed by atoms with van der Waals surface area (Å²) in [5.74, 6) is 2.20. The van der Waals surface area contributed by atoms with Crippen LogP contribution >= 0.6 is 24.0 Å². The summed E-state index contributed by atoms with van der Waals surface area (Å²) in [5, 5.41) is 4.48. The third kappa shape index (κ3) is 2.78. The lowest BCUT2D eigenvalue weighted by atomic mass is 10.2. The monoisotopic (exact) mass is 306 g/mol. The number of fused-ring (bicyclic) bond motifs is 1. The maximum atomic E-state index is 11.7. The Hall–Kier alpha value is -1.60. The number of nitrogens with one attached hydrogen (secondary N) is 2. The van der Waals surface area contributed by atoms with Crippen molar-refractivity contribution in [1.82, 2.24) is 14.9 Å². The molecule has 0 radical (unpaired) electrons. The molecule has 2 aromatic rings. The van der Waals surface area contributed by atoms with E-state index in [9.17, 15) is 4.79 Å². The molecule has 20 heavy (non-hydrogen) atoms. The van der Waals surface area contributed by atoms with Gasteiger partial charge in [-0.25, -0.2) is 4.98 Å². The minimum absolute atomic E-state index is 0.140. The molecule has 104 valence electrons. The van der Waals surface area contributed by atoms with Gasteiger partial charge in [0.2, 0.25) is 0 Å². The summed E-state index contributed by atoms with van der Waals surface area (Å²) in [6.07, 6.45) is 1.41. The van der Waals surface area contributed by atoms with Crippen LogP contribution in [0.5, 0.6) is 0 Å². The lowest BCUT2D eigenvalue weighted by Crippen LogP contribution is -2.40. The third-order valence-electron chi connectivity index (χ3n) is 3.19. The average Bonchev–Trinajstić information content (AvgIpc) is 2.49. The molecule has 1 aliphatic heterocycles. The fourth-order valence-corrected chi connectivity index (χ4v) is 3.32. The molecule has 1 aliphatic rings. The summed E-state index contributed by atoms with van der Waals surface area (Å²) in [6.45, 7) is 1.93. The highest BCUT2D eigenvalue weighted by atomic mass is 32.2. The van der Waals surface area contributed by atoms with E-state index in [1.807, 2.05) is 23.9 Å². The van der Waals surface area contributed by atoms with Crippen LogP contribution in [0.1, 0.15) is 0 Å². The molecule has 5 nitrogen and oxygen atoms in total. The van der Waals surface area contributed by atoms with Gasteiger partial charge in [-0.1, -0.05) is 0 Å². The zero-order valence-electron chi connectivity index (χ0n) is 10.8. The molecule has 0 atom stereocenters. The van der Waals surface area contributed by atoms with Gasteiger partial charge in [-0.05, 0) is 30.4 Å². The molecule has 1 saturated heterocycles. The topological polar surface area (TPSA) is 61.0 Å². The molecular weight excluding hydrogens is 292 g/mol. The number of benzene rings is 1. The molecular formula is C13H14N4OS2. The molecule has 2 N–H and O–H groups in total. The number of anilines is 1. The Morgan fingerprint density at radius 3 is 3.00 bits per heavy atom. The van der Waals surface area contributed by atoms with Gasteiger partial charge in [-0.2, -0.15) is 11.8 Å². The van der Waals surface area contributed by atoms with E-state index >= 15 is 0 Å². The summed E-state index contributed by atoms with van der Waals surface area (Å²) >= 11 is 7.36. The Morgan fingerprint density at radius 1 is 1.40 bits per heavy atom. The smallest absolute Gasteiger partial charge is 0.258 e. The lowest BCUT2D eigenvalue weighted by Gasteiger charge is -2.29. The van der Waals surface area contributed by atoms with Crippen molar-refractivity contribution in [2.75, 3.05) is 29.9 Å². The van der Waals surface area contributed by atoms with E-state index in [0.29, 0.717) is 16.0 Å². The van der Waals surface area contributed by atoms with Gasteiger partial charge in [0.1, 0.15) is 0 Å². The second-order valence-electron chi connectivity index (χ2n) is 4.49. The minimum Gasteiger partial charge on any atom is -0.347 e. The molecule has 0 saturated carbocycles. The van der Waals surface area contributed by atoms with Crippen molar-refractivity contribution < 1.29 is 0 Å². The van der Waals surface area contributed by atoms with Gasteiger partial charge in [-0.3, -0.25) is 4.79 Å². The summed E-state index contributed by atoms with van der Waals surface area (Å²) in [6, 6.07) is 5.49. The summed E-state index contributed by atoms with van der Waals surface area (Å²) in [4.78, 5) is 20.6. The largest absolute Gasteiger partial charge is 0.347 e. The number of H-pyrrole nitrogens is 1. The predicted molar refractivity (Wildman–Crippen MR) is 87.5 cm³/mol. The number of hydrogen-bond acceptors (Lipinski definition) is 4. The van der Waals surface area contributed by atoms with Crippen LogP contribution in [0, 0.1) is 0 Å². The van der Waals surface area contributed by atoms with E-state index in [1.54, 1.807) is 6.07 Å². The van der Waals surface area contributed by atoms with Crippen LogP contribution in [0.2, 0.25) is 0 Å². The zero-order valence-corrected chi connectivity index (χ0v) is 12.4. The van der Waals surface area contributed by atoms with Crippen LogP contribution < -0.4 is 10.9 Å². The van der Waals surface area contributed by atoms with Crippen molar-refractivity contribution in [3.63, 3.8) is 0 Å². The highest BCUT2D eigenvalue weighted by Gasteiger charge is 2.13. The lowest BCUT2D eigenvalue weighted by molar-refractivity contribution is 0.470. The fourth-order valence-electron chi connectivity index (χ4n) is 2.12. The molecule has 1 aromatic heterocycles. The van der Waals surface area contributed by atoms with Crippen LogP contribution in [0.15, 0.2) is 29.3 Å². The van der Waals surface area contributed by atoms with Gasteiger partial charge in [0.15, 0.2) is 5.11 Å². The van der Waals surface area contributed by atoms with E-state index < -0.39 is 0 Å². The molecule has 0 aliphatic carbocycles. The molecule has 3 rings (SSSR count). The van der Waals surface area contributed by atoms with Crippen LogP contribution in [0.3, 0.4) is 0 Å². The Labute approximate surface area is 125 Å². The minimum atomic E-state index is -0.140. The maximum Gasteiger partial charge on any atom is 0.258 e. The number of nitrogens with zero attached hydrogens (tertiary/aromatic N) is 2. The van der Waals surface area contributed by atoms with E-state index in [2.05, 4.69) is 20.2 Å². The molecule has 7 heteroatoms. The summed E-state index contributed by atoms with van der Waals surface area (Å²) < 4.78 is 0. The number of aromatic amines is 1. The van der Waals surface area contributed by atoms with Gasteiger partial charge < -0.3 is 15.2 Å². The van der Waals surface area contributed by atoms with Crippen molar-refractivity contribution >= 4 is 45.7 Å². The highest BCUT2D eigenvalue weighted by molar-refractivity contribution is 7.99. The SMILES string of the molecule is O=c1[nH]cnc2ccc(NC(=S)N3CCSCC3)cc12. The van der Waals surface area contributed by atoms with Gasteiger partial charge in [0.25, 0.3) is 5.56 Å². The second kappa shape index (κ2) is 5.80. The zero-order chi connectivity index (χ0) is 13.9. The van der Waals surface area contributed by atoms with Crippen LogP contribution in [0.25, 0.3) is 10.9 Å². The molecule has 2 heterocycles. The van der Waals surface area contributed by atoms with Gasteiger partial charge in [0.05, 0.1) is 17.2 Å². The average molecular weight is 306 g/mol. The van der Waals surface area contributed by atoms with Crippen molar-refractivity contribution in [1.29, 1.82) is 0 Å². The molecule has 0 bridgehead atoms. The van der Waals surface area contributed by atoms with E-state index in [1.165, 1.54) is 6.33 Å². The standard InChI is InChI=1S/C13H14N4OS2/c18-12-10-7-9(1-2-11(10)14-8-15-12)16-13(19)17-3-5-20-6-4-17/h1-2,7-8H,3-6H2,(H,16,19)(H,14,15,18). The van der Waals surface area contributed by atoms with E-state index in [4.69, 9.17) is 12.2 Å². The first-order valence-corrected chi connectivity index (χ1v) is 7.91. The van der Waals surface area contributed by atoms with Gasteiger partial charge in [0, 0.05) is 30.3 Å². The first-order valence-electron chi connectivity index (χ1n) is 6.35. The third-order valence-corrected chi connectivity index (χ3v) is 4.49. The first kappa shape index (κ1) is 13.4. The van der Waals surface area contributed by atoms with Gasteiger partial charge in [-0.15, -0.1) is 0 Å². The van der Waals surface area contributed by atoms with Crippen molar-refractivity contribution in [2.45, 2.75) is 0 Å². The molecule has 1 fully saturated rings. The number of thioether (sulfide) groups is 1. The van der Waals surface area contributed by atoms with Crippen molar-refractivity contribution in [3.8, 4) is 0 Å². The molecule has 0 unspecified atom stereocenters. The van der Waals surface area contributed by atoms with Crippen LogP contribution in [0.4, 0.5) is 5.69 Å². The summed E-state index contributed by atoms with van der Waals surface area (Å²) in [7, 11) is 0. The normalized spacial score (nSPS) is 15.3. The molecule has 0 spiro atoms. The predicted octanol–water partition coefficient (Wildman–Crippen LogP) is 1.67. The highest BCUT2D eigenvalue weighted by Crippen LogP contribution is 2.16. The van der Waals surface area contributed by atoms with Crippen LogP contribution in [-0.4, -0.2) is 44.6 Å². The maximum absolute atomic E-state index is 11.7. The number of hydrogen-bond donors (Lipinski definition) is 2. The number of aromatic nitrogens is 2. The second-order valence-corrected chi connectivity index (χ2v) is 6.10.